The zero-order valence-electron chi connectivity index (χ0n) is 16.7. The number of hydrogen-bond donors (Lipinski definition) is 2. The number of allylic oxidation sites excluding steroid dienone is 1. The molecule has 1 aromatic carbocycles. The van der Waals surface area contributed by atoms with Gasteiger partial charge in [-0.15, -0.1) is 0 Å². The zero-order valence-corrected chi connectivity index (χ0v) is 16.7. The maximum absolute atomic E-state index is 12.2. The third-order valence-electron chi connectivity index (χ3n) is 5.29. The van der Waals surface area contributed by atoms with Crippen molar-refractivity contribution < 1.29 is 24.5 Å². The van der Waals surface area contributed by atoms with E-state index in [9.17, 15) is 14.7 Å². The lowest BCUT2D eigenvalue weighted by Crippen LogP contribution is -2.30. The Kier molecular flexibility index (Phi) is 8.71. The molecule has 2 rings (SSSR count). The molecule has 0 bridgehead atoms. The fourth-order valence-electron chi connectivity index (χ4n) is 3.66. The minimum Gasteiger partial charge on any atom is -0.490 e. The minimum atomic E-state index is -1.09. The van der Waals surface area contributed by atoms with Crippen LogP contribution >= 0.6 is 0 Å². The molecule has 5 nitrogen and oxygen atoms in total. The summed E-state index contributed by atoms with van der Waals surface area (Å²) in [6, 6.07) is 9.38. The van der Waals surface area contributed by atoms with Crippen molar-refractivity contribution in [2.24, 2.45) is 11.8 Å². The highest BCUT2D eigenvalue weighted by atomic mass is 16.5. The number of benzene rings is 1. The van der Waals surface area contributed by atoms with Crippen molar-refractivity contribution in [2.45, 2.75) is 63.9 Å². The number of carboxylic acids is 1. The summed E-state index contributed by atoms with van der Waals surface area (Å²) in [6.45, 7) is 1.86. The Bertz CT molecular complexity index is 650. The number of carbonyl (C=O) groups is 2. The molecular weight excluding hydrogens is 356 g/mol. The van der Waals surface area contributed by atoms with Gasteiger partial charge in [0.05, 0.1) is 0 Å². The second-order valence-corrected chi connectivity index (χ2v) is 7.94. The van der Waals surface area contributed by atoms with E-state index in [1.807, 2.05) is 36.4 Å². The second kappa shape index (κ2) is 11.0. The Morgan fingerprint density at radius 2 is 1.93 bits per heavy atom. The molecule has 5 heteroatoms. The molecule has 1 fully saturated rings. The Morgan fingerprint density at radius 3 is 2.64 bits per heavy atom. The minimum absolute atomic E-state index is 0.0153. The molecule has 1 aliphatic rings. The van der Waals surface area contributed by atoms with Crippen LogP contribution in [0.3, 0.4) is 0 Å². The maximum Gasteiger partial charge on any atom is 0.303 e. The molecule has 1 saturated carbocycles. The fourth-order valence-corrected chi connectivity index (χ4v) is 3.66. The summed E-state index contributed by atoms with van der Waals surface area (Å²) in [7, 11) is 0. The first-order chi connectivity index (χ1) is 13.4. The molecule has 3 atom stereocenters. The summed E-state index contributed by atoms with van der Waals surface area (Å²) < 4.78 is 5.64. The molecule has 28 heavy (non-hydrogen) atoms. The van der Waals surface area contributed by atoms with E-state index in [1.54, 1.807) is 13.0 Å². The van der Waals surface area contributed by atoms with Crippen molar-refractivity contribution in [3.63, 3.8) is 0 Å². The first kappa shape index (κ1) is 22.2. The Labute approximate surface area is 167 Å². The number of carbonyl (C=O) groups excluding carboxylic acids is 1. The van der Waals surface area contributed by atoms with Crippen LogP contribution < -0.4 is 4.74 Å². The highest BCUT2D eigenvalue weighted by Gasteiger charge is 2.33. The fraction of sp³-hybridized carbons (Fsp3) is 0.565. The van der Waals surface area contributed by atoms with Crippen molar-refractivity contribution in [1.29, 1.82) is 0 Å². The molecule has 0 saturated heterocycles. The van der Waals surface area contributed by atoms with Gasteiger partial charge in [0.15, 0.2) is 0 Å². The third kappa shape index (κ3) is 7.85. The number of Topliss-reactive ketones (excluding diaryl/α,β-unsaturated/α-hetero) is 1. The van der Waals surface area contributed by atoms with Gasteiger partial charge < -0.3 is 14.9 Å². The van der Waals surface area contributed by atoms with Crippen LogP contribution in [0.15, 0.2) is 42.5 Å². The van der Waals surface area contributed by atoms with E-state index >= 15 is 0 Å². The predicted octanol–water partition coefficient (Wildman–Crippen LogP) is 4.39. The van der Waals surface area contributed by atoms with Gasteiger partial charge in [0.25, 0.3) is 0 Å². The quantitative estimate of drug-likeness (QED) is 0.410. The molecule has 1 aliphatic carbocycles. The predicted molar refractivity (Wildman–Crippen MR) is 108 cm³/mol. The maximum atomic E-state index is 12.2. The van der Waals surface area contributed by atoms with Gasteiger partial charge in [-0.2, -0.15) is 0 Å². The number of aliphatic carboxylic acids is 1. The molecule has 0 heterocycles. The number of hydrogen-bond acceptors (Lipinski definition) is 4. The number of carboxylic acid groups (broad SMARTS) is 1. The topological polar surface area (TPSA) is 83.8 Å². The standard InChI is InChI=1S/C23H32O5/c1-23(27,17-28-19-9-5-4-6-10-19)16-15-18-13-14-21(24)20(18)11-7-2-3-8-12-22(25)26/h4-6,9-10,15-16,18,20,27H,2-3,7-8,11-14,17H2,1H3,(H,25,26)/b16-15+/t18-,20-,23+/m1/s1. The molecule has 1 aromatic rings. The van der Waals surface area contributed by atoms with E-state index in [2.05, 4.69) is 0 Å². The van der Waals surface area contributed by atoms with Gasteiger partial charge in [-0.3, -0.25) is 9.59 Å². The molecule has 0 amide bonds. The number of ketones is 1. The highest BCUT2D eigenvalue weighted by molar-refractivity contribution is 5.83. The van der Waals surface area contributed by atoms with E-state index in [1.165, 1.54) is 0 Å². The first-order valence-corrected chi connectivity index (χ1v) is 10.2. The number of aliphatic hydroxyl groups is 1. The van der Waals surface area contributed by atoms with Crippen LogP contribution in [0, 0.1) is 11.8 Å². The number of ether oxygens (including phenoxy) is 1. The molecule has 0 unspecified atom stereocenters. The third-order valence-corrected chi connectivity index (χ3v) is 5.29. The summed E-state index contributed by atoms with van der Waals surface area (Å²) in [5.74, 6) is 0.448. The van der Waals surface area contributed by atoms with E-state index < -0.39 is 11.6 Å². The lowest BCUT2D eigenvalue weighted by Gasteiger charge is -2.21. The van der Waals surface area contributed by atoms with Gasteiger partial charge in [0.2, 0.25) is 0 Å². The Hall–Kier alpha value is -2.14. The summed E-state index contributed by atoms with van der Waals surface area (Å²) in [5, 5.41) is 19.2. The molecule has 0 aromatic heterocycles. The van der Waals surface area contributed by atoms with Crippen LogP contribution in [-0.2, 0) is 9.59 Å². The van der Waals surface area contributed by atoms with Gasteiger partial charge >= 0.3 is 5.97 Å². The van der Waals surface area contributed by atoms with Crippen LogP contribution in [0.4, 0.5) is 0 Å². The van der Waals surface area contributed by atoms with Gasteiger partial charge in [-0.25, -0.2) is 0 Å². The summed E-state index contributed by atoms with van der Waals surface area (Å²) >= 11 is 0. The van der Waals surface area contributed by atoms with Crippen LogP contribution in [-0.4, -0.2) is 34.2 Å². The Morgan fingerprint density at radius 1 is 1.21 bits per heavy atom. The monoisotopic (exact) mass is 388 g/mol. The number of unbranched alkanes of at least 4 members (excludes halogenated alkanes) is 3. The van der Waals surface area contributed by atoms with Crippen molar-refractivity contribution in [3.8, 4) is 5.75 Å². The van der Waals surface area contributed by atoms with Gasteiger partial charge in [-0.1, -0.05) is 49.6 Å². The van der Waals surface area contributed by atoms with Crippen LogP contribution in [0.1, 0.15) is 58.3 Å². The molecule has 154 valence electrons. The van der Waals surface area contributed by atoms with Crippen molar-refractivity contribution >= 4 is 11.8 Å². The molecular formula is C23H32O5. The smallest absolute Gasteiger partial charge is 0.303 e. The van der Waals surface area contributed by atoms with Crippen LogP contribution in [0.25, 0.3) is 0 Å². The van der Waals surface area contributed by atoms with Gasteiger partial charge in [0.1, 0.15) is 23.7 Å². The van der Waals surface area contributed by atoms with Crippen LogP contribution in [0.5, 0.6) is 5.75 Å². The second-order valence-electron chi connectivity index (χ2n) is 7.94. The number of para-hydroxylation sites is 1. The summed E-state index contributed by atoms with van der Waals surface area (Å²) in [4.78, 5) is 22.8. The van der Waals surface area contributed by atoms with E-state index in [-0.39, 0.29) is 24.9 Å². The summed E-state index contributed by atoms with van der Waals surface area (Å²) in [5.41, 5.74) is -1.09. The van der Waals surface area contributed by atoms with Crippen molar-refractivity contribution in [1.82, 2.24) is 0 Å². The first-order valence-electron chi connectivity index (χ1n) is 10.2. The van der Waals surface area contributed by atoms with Gasteiger partial charge in [0, 0.05) is 18.8 Å². The average molecular weight is 389 g/mol. The molecule has 0 aliphatic heterocycles. The lowest BCUT2D eigenvalue weighted by molar-refractivity contribution is -0.137. The zero-order chi connectivity index (χ0) is 20.4. The number of rotatable bonds is 12. The Balaban J connectivity index is 1.78. The van der Waals surface area contributed by atoms with Crippen LogP contribution in [0.2, 0.25) is 0 Å². The van der Waals surface area contributed by atoms with Gasteiger partial charge in [-0.05, 0) is 44.2 Å². The molecule has 0 spiro atoms. The molecule has 0 radical (unpaired) electrons. The highest BCUT2D eigenvalue weighted by Crippen LogP contribution is 2.34. The average Bonchev–Trinajstić information content (AvgIpc) is 3.02. The molecule has 2 N–H and O–H groups in total. The SMILES string of the molecule is C[C@](O)(/C=C/[C@H]1CCC(=O)[C@@H]1CCCCCCC(=O)O)COc1ccccc1. The van der Waals surface area contributed by atoms with E-state index in [4.69, 9.17) is 9.84 Å². The van der Waals surface area contributed by atoms with Crippen molar-refractivity contribution in [3.05, 3.63) is 42.5 Å². The van der Waals surface area contributed by atoms with Crippen molar-refractivity contribution in [2.75, 3.05) is 6.61 Å². The summed E-state index contributed by atoms with van der Waals surface area (Å²) in [6.07, 6.45) is 9.70. The largest absolute Gasteiger partial charge is 0.490 e. The van der Waals surface area contributed by atoms with E-state index in [0.717, 1.165) is 32.1 Å². The van der Waals surface area contributed by atoms with E-state index in [0.29, 0.717) is 24.4 Å². The lowest BCUT2D eigenvalue weighted by atomic mass is 9.88. The normalized spacial score (nSPS) is 21.7.